The largest absolute Gasteiger partial charge is 0.368 e. The summed E-state index contributed by atoms with van der Waals surface area (Å²) in [5.74, 6) is 0.0810. The highest BCUT2D eigenvalue weighted by Gasteiger charge is 2.20. The second-order valence-corrected chi connectivity index (χ2v) is 7.36. The van der Waals surface area contributed by atoms with E-state index in [1.807, 2.05) is 24.3 Å². The number of hydrogen-bond acceptors (Lipinski definition) is 3. The zero-order valence-corrected chi connectivity index (χ0v) is 16.7. The predicted molar refractivity (Wildman–Crippen MR) is 113 cm³/mol. The van der Waals surface area contributed by atoms with Gasteiger partial charge in [-0.1, -0.05) is 23.2 Å². The van der Waals surface area contributed by atoms with Crippen LogP contribution in [-0.4, -0.2) is 42.0 Å². The van der Waals surface area contributed by atoms with E-state index < -0.39 is 0 Å². The Hall–Kier alpha value is -1.82. The topological polar surface area (TPSA) is 35.6 Å². The van der Waals surface area contributed by atoms with Gasteiger partial charge in [-0.2, -0.15) is 0 Å². The standard InChI is InChI=1S/C19H19Cl2N3OS/c1-13(25)14-2-5-16(6-3-14)23-8-10-24(11-9-23)19(26)22-18-12-15(20)4-7-17(18)21/h2-7,12H,8-11H2,1H3,(H,22,26). The summed E-state index contributed by atoms with van der Waals surface area (Å²) in [4.78, 5) is 15.8. The first-order chi connectivity index (χ1) is 12.4. The Morgan fingerprint density at radius 3 is 2.31 bits per heavy atom. The van der Waals surface area contributed by atoms with E-state index in [2.05, 4.69) is 15.1 Å². The molecule has 1 fully saturated rings. The molecule has 2 aromatic carbocycles. The summed E-state index contributed by atoms with van der Waals surface area (Å²) in [5.41, 5.74) is 2.56. The third-order valence-electron chi connectivity index (χ3n) is 4.38. The van der Waals surface area contributed by atoms with Crippen molar-refractivity contribution in [2.75, 3.05) is 36.4 Å². The summed E-state index contributed by atoms with van der Waals surface area (Å²) in [6.07, 6.45) is 0. The maximum absolute atomic E-state index is 11.4. The lowest BCUT2D eigenvalue weighted by Crippen LogP contribution is -2.50. The first-order valence-corrected chi connectivity index (χ1v) is 9.47. The van der Waals surface area contributed by atoms with Crippen LogP contribution >= 0.6 is 35.4 Å². The molecule has 0 spiro atoms. The lowest BCUT2D eigenvalue weighted by atomic mass is 10.1. The van der Waals surface area contributed by atoms with Crippen molar-refractivity contribution in [3.63, 3.8) is 0 Å². The Balaban J connectivity index is 1.58. The van der Waals surface area contributed by atoms with Gasteiger partial charge in [0, 0.05) is 42.5 Å². The monoisotopic (exact) mass is 407 g/mol. The van der Waals surface area contributed by atoms with E-state index in [0.717, 1.165) is 37.4 Å². The number of hydrogen-bond donors (Lipinski definition) is 1. The lowest BCUT2D eigenvalue weighted by Gasteiger charge is -2.37. The quantitative estimate of drug-likeness (QED) is 0.588. The van der Waals surface area contributed by atoms with Crippen LogP contribution in [-0.2, 0) is 0 Å². The summed E-state index contributed by atoms with van der Waals surface area (Å²) in [6, 6.07) is 13.0. The zero-order chi connectivity index (χ0) is 18.7. The molecule has 3 rings (SSSR count). The summed E-state index contributed by atoms with van der Waals surface area (Å²) in [7, 11) is 0. The number of anilines is 2. The van der Waals surface area contributed by atoms with Crippen molar-refractivity contribution < 1.29 is 4.79 Å². The molecule has 0 bridgehead atoms. The molecule has 0 aliphatic carbocycles. The zero-order valence-electron chi connectivity index (χ0n) is 14.3. The van der Waals surface area contributed by atoms with E-state index in [0.29, 0.717) is 20.8 Å². The average Bonchev–Trinajstić information content (AvgIpc) is 2.65. The number of nitrogens with one attached hydrogen (secondary N) is 1. The molecule has 1 heterocycles. The molecule has 0 unspecified atom stereocenters. The number of carbonyl (C=O) groups excluding carboxylic acids is 1. The molecule has 0 radical (unpaired) electrons. The second kappa shape index (κ2) is 8.25. The molecule has 1 saturated heterocycles. The molecule has 2 aromatic rings. The average molecular weight is 408 g/mol. The Morgan fingerprint density at radius 2 is 1.69 bits per heavy atom. The van der Waals surface area contributed by atoms with E-state index in [9.17, 15) is 4.79 Å². The van der Waals surface area contributed by atoms with Gasteiger partial charge in [0.15, 0.2) is 10.9 Å². The smallest absolute Gasteiger partial charge is 0.173 e. The van der Waals surface area contributed by atoms with Gasteiger partial charge in [-0.05, 0) is 61.6 Å². The van der Waals surface area contributed by atoms with Crippen molar-refractivity contribution in [2.24, 2.45) is 0 Å². The lowest BCUT2D eigenvalue weighted by molar-refractivity contribution is 0.101. The highest BCUT2D eigenvalue weighted by Crippen LogP contribution is 2.26. The summed E-state index contributed by atoms with van der Waals surface area (Å²) in [6.45, 7) is 4.89. The van der Waals surface area contributed by atoms with Crippen LogP contribution in [0.2, 0.25) is 10.0 Å². The number of piperazine rings is 1. The number of benzene rings is 2. The highest BCUT2D eigenvalue weighted by atomic mass is 35.5. The van der Waals surface area contributed by atoms with E-state index in [4.69, 9.17) is 35.4 Å². The minimum absolute atomic E-state index is 0.0810. The normalized spacial score (nSPS) is 14.3. The Kier molecular flexibility index (Phi) is 6.01. The fourth-order valence-corrected chi connectivity index (χ4v) is 3.49. The van der Waals surface area contributed by atoms with Crippen LogP contribution in [0.25, 0.3) is 0 Å². The molecule has 0 amide bonds. The van der Waals surface area contributed by atoms with E-state index in [-0.39, 0.29) is 5.78 Å². The fourth-order valence-electron chi connectivity index (χ4n) is 2.86. The molecule has 136 valence electrons. The van der Waals surface area contributed by atoms with Gasteiger partial charge in [0.25, 0.3) is 0 Å². The van der Waals surface area contributed by atoms with Crippen LogP contribution in [0.1, 0.15) is 17.3 Å². The molecule has 4 nitrogen and oxygen atoms in total. The van der Waals surface area contributed by atoms with Gasteiger partial charge in [0.1, 0.15) is 0 Å². The van der Waals surface area contributed by atoms with Crippen LogP contribution in [0.3, 0.4) is 0 Å². The second-order valence-electron chi connectivity index (χ2n) is 6.13. The number of rotatable bonds is 3. The number of thiocarbonyl (C=S) groups is 1. The van der Waals surface area contributed by atoms with E-state index in [1.165, 1.54) is 0 Å². The Bertz CT molecular complexity index is 818. The first kappa shape index (κ1) is 19.0. The maximum atomic E-state index is 11.4. The molecule has 26 heavy (non-hydrogen) atoms. The molecule has 1 aliphatic rings. The van der Waals surface area contributed by atoms with Crippen molar-refractivity contribution in [1.82, 2.24) is 4.90 Å². The number of ketones is 1. The summed E-state index contributed by atoms with van der Waals surface area (Å²) in [5, 5.41) is 5.01. The molecule has 1 aliphatic heterocycles. The van der Waals surface area contributed by atoms with Crippen molar-refractivity contribution in [2.45, 2.75) is 6.92 Å². The highest BCUT2D eigenvalue weighted by molar-refractivity contribution is 7.80. The van der Waals surface area contributed by atoms with Gasteiger partial charge in [0.05, 0.1) is 10.7 Å². The van der Waals surface area contributed by atoms with Crippen molar-refractivity contribution >= 4 is 57.7 Å². The molecular weight excluding hydrogens is 389 g/mol. The van der Waals surface area contributed by atoms with Gasteiger partial charge >= 0.3 is 0 Å². The van der Waals surface area contributed by atoms with Gasteiger partial charge in [-0.15, -0.1) is 0 Å². The molecular formula is C19H19Cl2N3OS. The van der Waals surface area contributed by atoms with Crippen LogP contribution in [0.4, 0.5) is 11.4 Å². The van der Waals surface area contributed by atoms with Crippen LogP contribution in [0.15, 0.2) is 42.5 Å². The van der Waals surface area contributed by atoms with Crippen molar-refractivity contribution in [3.05, 3.63) is 58.1 Å². The van der Waals surface area contributed by atoms with Crippen molar-refractivity contribution in [1.29, 1.82) is 0 Å². The predicted octanol–water partition coefficient (Wildman–Crippen LogP) is 4.72. The van der Waals surface area contributed by atoms with Crippen molar-refractivity contribution in [3.8, 4) is 0 Å². The third kappa shape index (κ3) is 4.47. The Morgan fingerprint density at radius 1 is 1.04 bits per heavy atom. The van der Waals surface area contributed by atoms with Gasteiger partial charge in [0.2, 0.25) is 0 Å². The number of carbonyl (C=O) groups is 1. The molecule has 7 heteroatoms. The first-order valence-electron chi connectivity index (χ1n) is 8.31. The molecule has 1 N–H and O–H groups in total. The molecule has 0 atom stereocenters. The fraction of sp³-hybridized carbons (Fsp3) is 0.263. The van der Waals surface area contributed by atoms with Gasteiger partial charge < -0.3 is 15.1 Å². The third-order valence-corrected chi connectivity index (χ3v) is 5.30. The number of Topliss-reactive ketones (excluding diaryl/α,β-unsaturated/α-hetero) is 1. The minimum Gasteiger partial charge on any atom is -0.368 e. The number of nitrogens with zero attached hydrogens (tertiary/aromatic N) is 2. The van der Waals surface area contributed by atoms with Crippen LogP contribution in [0.5, 0.6) is 0 Å². The molecule has 0 aromatic heterocycles. The number of halogens is 2. The maximum Gasteiger partial charge on any atom is 0.173 e. The van der Waals surface area contributed by atoms with Crippen LogP contribution in [0, 0.1) is 0 Å². The SMILES string of the molecule is CC(=O)c1ccc(N2CCN(C(=S)Nc3cc(Cl)ccc3Cl)CC2)cc1. The minimum atomic E-state index is 0.0810. The van der Waals surface area contributed by atoms with Gasteiger partial charge in [-0.25, -0.2) is 0 Å². The Labute approximate surface area is 168 Å². The summed E-state index contributed by atoms with van der Waals surface area (Å²) < 4.78 is 0. The van der Waals surface area contributed by atoms with E-state index in [1.54, 1.807) is 25.1 Å². The van der Waals surface area contributed by atoms with Gasteiger partial charge in [-0.3, -0.25) is 4.79 Å². The van der Waals surface area contributed by atoms with E-state index >= 15 is 0 Å². The summed E-state index contributed by atoms with van der Waals surface area (Å²) >= 11 is 17.7. The van der Waals surface area contributed by atoms with Crippen LogP contribution < -0.4 is 10.2 Å². The molecule has 0 saturated carbocycles.